The molecule has 0 aliphatic carbocycles. The van der Waals surface area contributed by atoms with Gasteiger partial charge < -0.3 is 0 Å². The van der Waals surface area contributed by atoms with Crippen LogP contribution in [0.5, 0.6) is 0 Å². The number of halogens is 1. The van der Waals surface area contributed by atoms with Gasteiger partial charge in [0.2, 0.25) is 0 Å². The number of rotatable bonds is 2. The summed E-state index contributed by atoms with van der Waals surface area (Å²) in [6, 6.07) is 18.1. The summed E-state index contributed by atoms with van der Waals surface area (Å²) in [5.41, 5.74) is 5.58. The first-order valence-electron chi connectivity index (χ1n) is 7.15. The number of fused-ring (bicyclic) bond motifs is 1. The molecule has 4 rings (SSSR count). The van der Waals surface area contributed by atoms with Crippen LogP contribution in [-0.2, 0) is 0 Å². The highest BCUT2D eigenvalue weighted by atomic mass is 35.5. The average molecular weight is 323 g/mol. The minimum absolute atomic E-state index is 0. The fourth-order valence-electron chi connectivity index (χ4n) is 2.57. The molecule has 1 N–H and O–H groups in total. The number of hydrogen-bond donors (Lipinski definition) is 1. The van der Waals surface area contributed by atoms with E-state index >= 15 is 0 Å². The Labute approximate surface area is 140 Å². The molecule has 0 bridgehead atoms. The maximum atomic E-state index is 4.74. The van der Waals surface area contributed by atoms with Crippen molar-refractivity contribution < 1.29 is 0 Å². The topological polar surface area (TPSA) is 54.5 Å². The Bertz CT molecular complexity index is 962. The van der Waals surface area contributed by atoms with Gasteiger partial charge in [0.15, 0.2) is 0 Å². The lowest BCUT2D eigenvalue weighted by atomic mass is 10.1. The standard InChI is InChI=1S/C18H14N4.ClH/c1-12-5-4-8-17(20-12)18-14(11-19-22-18)16-10-9-13-6-2-3-7-15(13)21-16;/h2-11H,1H3,(H,19,22);1H. The van der Waals surface area contributed by atoms with E-state index in [0.717, 1.165) is 39.2 Å². The molecule has 4 nitrogen and oxygen atoms in total. The molecule has 0 radical (unpaired) electrons. The van der Waals surface area contributed by atoms with Crippen molar-refractivity contribution in [2.75, 3.05) is 0 Å². The number of benzene rings is 1. The van der Waals surface area contributed by atoms with Gasteiger partial charge >= 0.3 is 0 Å². The minimum atomic E-state index is 0. The first-order valence-corrected chi connectivity index (χ1v) is 7.15. The Balaban J connectivity index is 0.00000156. The number of aromatic nitrogens is 4. The molecule has 0 unspecified atom stereocenters. The van der Waals surface area contributed by atoms with Crippen LogP contribution in [0.25, 0.3) is 33.5 Å². The Morgan fingerprint density at radius 1 is 0.826 bits per heavy atom. The summed E-state index contributed by atoms with van der Waals surface area (Å²) in [6.07, 6.45) is 1.80. The van der Waals surface area contributed by atoms with Crippen LogP contribution in [0, 0.1) is 6.92 Å². The molecule has 0 aliphatic rings. The van der Waals surface area contributed by atoms with Gasteiger partial charge in [0, 0.05) is 16.6 Å². The van der Waals surface area contributed by atoms with Crippen LogP contribution in [0.3, 0.4) is 0 Å². The number of nitrogens with one attached hydrogen (secondary N) is 1. The first kappa shape index (κ1) is 15.2. The average Bonchev–Trinajstić information content (AvgIpc) is 3.04. The fourth-order valence-corrected chi connectivity index (χ4v) is 2.57. The SMILES string of the molecule is Cc1cccc(-c2[nH]ncc2-c2ccc3ccccc3n2)n1.Cl. The van der Waals surface area contributed by atoms with Gasteiger partial charge in [-0.15, -0.1) is 12.4 Å². The maximum Gasteiger partial charge on any atom is 0.0928 e. The summed E-state index contributed by atoms with van der Waals surface area (Å²) in [5.74, 6) is 0. The Kier molecular flexibility index (Phi) is 4.08. The van der Waals surface area contributed by atoms with E-state index in [4.69, 9.17) is 4.98 Å². The lowest BCUT2D eigenvalue weighted by Crippen LogP contribution is -1.90. The number of H-pyrrole nitrogens is 1. The second-order valence-electron chi connectivity index (χ2n) is 5.21. The molecule has 0 atom stereocenters. The van der Waals surface area contributed by atoms with Crippen LogP contribution >= 0.6 is 12.4 Å². The zero-order chi connectivity index (χ0) is 14.9. The first-order chi connectivity index (χ1) is 10.8. The van der Waals surface area contributed by atoms with Gasteiger partial charge in [0.1, 0.15) is 0 Å². The monoisotopic (exact) mass is 322 g/mol. The molecule has 0 saturated heterocycles. The summed E-state index contributed by atoms with van der Waals surface area (Å²) < 4.78 is 0. The van der Waals surface area contributed by atoms with Crippen molar-refractivity contribution in [3.63, 3.8) is 0 Å². The number of aryl methyl sites for hydroxylation is 1. The zero-order valence-corrected chi connectivity index (χ0v) is 13.3. The van der Waals surface area contributed by atoms with Crippen molar-refractivity contribution in [3.05, 3.63) is 66.5 Å². The molecule has 0 spiro atoms. The maximum absolute atomic E-state index is 4.74. The Hall–Kier alpha value is -2.72. The molecule has 5 heteroatoms. The van der Waals surface area contributed by atoms with E-state index < -0.39 is 0 Å². The number of hydrogen-bond acceptors (Lipinski definition) is 3. The third-order valence-corrected chi connectivity index (χ3v) is 3.66. The Morgan fingerprint density at radius 3 is 2.57 bits per heavy atom. The molecular formula is C18H15ClN4. The van der Waals surface area contributed by atoms with Gasteiger partial charge in [-0.3, -0.25) is 10.1 Å². The van der Waals surface area contributed by atoms with Crippen molar-refractivity contribution in [3.8, 4) is 22.6 Å². The number of nitrogens with zero attached hydrogens (tertiary/aromatic N) is 3. The molecule has 114 valence electrons. The van der Waals surface area contributed by atoms with Gasteiger partial charge in [-0.25, -0.2) is 4.98 Å². The quantitative estimate of drug-likeness (QED) is 0.594. The van der Waals surface area contributed by atoms with E-state index in [1.165, 1.54) is 0 Å². The lowest BCUT2D eigenvalue weighted by molar-refractivity contribution is 1.08. The van der Waals surface area contributed by atoms with E-state index in [0.29, 0.717) is 0 Å². The van der Waals surface area contributed by atoms with Gasteiger partial charge in [-0.05, 0) is 31.2 Å². The van der Waals surface area contributed by atoms with Crippen LogP contribution in [0.1, 0.15) is 5.69 Å². The third kappa shape index (κ3) is 2.81. The van der Waals surface area contributed by atoms with Gasteiger partial charge in [-0.2, -0.15) is 5.10 Å². The highest BCUT2D eigenvalue weighted by molar-refractivity contribution is 5.85. The highest BCUT2D eigenvalue weighted by Gasteiger charge is 2.12. The van der Waals surface area contributed by atoms with Gasteiger partial charge in [0.25, 0.3) is 0 Å². The summed E-state index contributed by atoms with van der Waals surface area (Å²) in [4.78, 5) is 9.30. The molecule has 0 fully saturated rings. The van der Waals surface area contributed by atoms with Gasteiger partial charge in [-0.1, -0.05) is 30.3 Å². The highest BCUT2D eigenvalue weighted by Crippen LogP contribution is 2.29. The molecule has 0 saturated carbocycles. The van der Waals surface area contributed by atoms with Crippen LogP contribution in [-0.4, -0.2) is 20.2 Å². The van der Waals surface area contributed by atoms with Crippen LogP contribution in [0.2, 0.25) is 0 Å². The predicted molar refractivity (Wildman–Crippen MR) is 94.5 cm³/mol. The minimum Gasteiger partial charge on any atom is -0.276 e. The van der Waals surface area contributed by atoms with Crippen molar-refractivity contribution in [1.82, 2.24) is 20.2 Å². The summed E-state index contributed by atoms with van der Waals surface area (Å²) in [6.45, 7) is 1.98. The van der Waals surface area contributed by atoms with Crippen molar-refractivity contribution in [1.29, 1.82) is 0 Å². The largest absolute Gasteiger partial charge is 0.276 e. The summed E-state index contributed by atoms with van der Waals surface area (Å²) in [7, 11) is 0. The van der Waals surface area contributed by atoms with Crippen molar-refractivity contribution >= 4 is 23.3 Å². The number of aromatic amines is 1. The fraction of sp³-hybridized carbons (Fsp3) is 0.0556. The lowest BCUT2D eigenvalue weighted by Gasteiger charge is -2.05. The normalized spacial score (nSPS) is 10.5. The predicted octanol–water partition coefficient (Wildman–Crippen LogP) is 4.42. The second kappa shape index (κ2) is 6.18. The molecular weight excluding hydrogens is 308 g/mol. The molecule has 0 amide bonds. The third-order valence-electron chi connectivity index (χ3n) is 3.66. The van der Waals surface area contributed by atoms with E-state index in [2.05, 4.69) is 27.3 Å². The van der Waals surface area contributed by atoms with E-state index in [1.54, 1.807) is 6.20 Å². The summed E-state index contributed by atoms with van der Waals surface area (Å²) in [5, 5.41) is 8.35. The Morgan fingerprint density at radius 2 is 1.70 bits per heavy atom. The molecule has 3 aromatic heterocycles. The van der Waals surface area contributed by atoms with Crippen molar-refractivity contribution in [2.24, 2.45) is 0 Å². The smallest absolute Gasteiger partial charge is 0.0928 e. The van der Waals surface area contributed by atoms with Crippen LogP contribution in [0.15, 0.2) is 60.8 Å². The second-order valence-corrected chi connectivity index (χ2v) is 5.21. The molecule has 1 aromatic carbocycles. The zero-order valence-electron chi connectivity index (χ0n) is 12.5. The molecule has 0 aliphatic heterocycles. The molecule has 23 heavy (non-hydrogen) atoms. The number of para-hydroxylation sites is 1. The van der Waals surface area contributed by atoms with Gasteiger partial charge in [0.05, 0.1) is 28.8 Å². The number of pyridine rings is 2. The summed E-state index contributed by atoms with van der Waals surface area (Å²) >= 11 is 0. The molecule has 3 heterocycles. The van der Waals surface area contributed by atoms with E-state index in [9.17, 15) is 0 Å². The van der Waals surface area contributed by atoms with Crippen molar-refractivity contribution in [2.45, 2.75) is 6.92 Å². The van der Waals surface area contributed by atoms with Crippen LogP contribution in [0.4, 0.5) is 0 Å². The molecule has 4 aromatic rings. The van der Waals surface area contributed by atoms with E-state index in [-0.39, 0.29) is 12.4 Å². The van der Waals surface area contributed by atoms with E-state index in [1.807, 2.05) is 49.4 Å². The van der Waals surface area contributed by atoms with Crippen LogP contribution < -0.4 is 0 Å².